The van der Waals surface area contributed by atoms with Crippen molar-refractivity contribution in [2.45, 2.75) is 109 Å². The summed E-state index contributed by atoms with van der Waals surface area (Å²) in [5.41, 5.74) is 8.85. The minimum absolute atomic E-state index is 0.0161. The third-order valence-electron chi connectivity index (χ3n) is 8.78. The number of amides is 2. The van der Waals surface area contributed by atoms with Crippen LogP contribution in [-0.2, 0) is 48.3 Å². The lowest BCUT2D eigenvalue weighted by atomic mass is 10.0. The van der Waals surface area contributed by atoms with Crippen LogP contribution in [0.2, 0.25) is 0 Å². The first-order valence-electron chi connectivity index (χ1n) is 17.4. The van der Waals surface area contributed by atoms with Gasteiger partial charge in [0, 0.05) is 45.1 Å². The van der Waals surface area contributed by atoms with Gasteiger partial charge in [0.15, 0.2) is 9.84 Å². The van der Waals surface area contributed by atoms with E-state index in [-0.39, 0.29) is 31.0 Å². The van der Waals surface area contributed by atoms with Crippen LogP contribution in [0.5, 0.6) is 0 Å². The maximum Gasteiger partial charge on any atom is 0.408 e. The number of carbonyl (C=O) groups excluding carboxylic acids is 3. The van der Waals surface area contributed by atoms with Crippen LogP contribution in [0.4, 0.5) is 13.6 Å². The molecule has 2 aromatic carbocycles. The molecule has 278 valence electrons. The fourth-order valence-corrected chi connectivity index (χ4v) is 8.23. The summed E-state index contributed by atoms with van der Waals surface area (Å²) >= 11 is 0. The first kappa shape index (κ1) is 40.8. The van der Waals surface area contributed by atoms with Crippen LogP contribution in [0.15, 0.2) is 42.5 Å². The van der Waals surface area contributed by atoms with Crippen molar-refractivity contribution in [3.63, 3.8) is 0 Å². The van der Waals surface area contributed by atoms with E-state index in [1.807, 2.05) is 45.0 Å². The molecule has 4 atom stereocenters. The summed E-state index contributed by atoms with van der Waals surface area (Å²) in [5.74, 6) is -3.52. The van der Waals surface area contributed by atoms with Gasteiger partial charge in [-0.2, -0.15) is 0 Å². The molecule has 0 spiro atoms. The first-order valence-corrected chi connectivity index (χ1v) is 19.1. The molecular weight excluding hydrogens is 670 g/mol. The number of hydrogen-bond acceptors (Lipinski definition) is 9. The van der Waals surface area contributed by atoms with Crippen molar-refractivity contribution < 1.29 is 41.1 Å². The largest absolute Gasteiger partial charge is 0.458 e. The molecule has 14 heteroatoms. The van der Waals surface area contributed by atoms with Gasteiger partial charge in [0.05, 0.1) is 17.5 Å². The van der Waals surface area contributed by atoms with Crippen molar-refractivity contribution in [1.82, 2.24) is 15.5 Å². The average molecular weight is 723 g/mol. The van der Waals surface area contributed by atoms with E-state index < -0.39 is 68.8 Å². The Hall–Kier alpha value is -3.62. The number of likely N-dealkylation sites (tertiary alicyclic amines) is 1. The molecule has 3 rings (SSSR count). The van der Waals surface area contributed by atoms with E-state index in [1.54, 1.807) is 0 Å². The molecule has 50 heavy (non-hydrogen) atoms. The molecule has 0 aromatic heterocycles. The fraction of sp³-hybridized carbons (Fsp3) is 0.583. The summed E-state index contributed by atoms with van der Waals surface area (Å²) < 4.78 is 66.6. The van der Waals surface area contributed by atoms with Crippen molar-refractivity contribution >= 4 is 27.8 Å². The summed E-state index contributed by atoms with van der Waals surface area (Å²) in [7, 11) is -3.91. The molecule has 2 aromatic rings. The van der Waals surface area contributed by atoms with Crippen LogP contribution >= 0.6 is 0 Å². The van der Waals surface area contributed by atoms with Crippen molar-refractivity contribution in [2.75, 3.05) is 25.4 Å². The maximum atomic E-state index is 14.0. The van der Waals surface area contributed by atoms with E-state index >= 15 is 0 Å². The maximum absolute atomic E-state index is 14.0. The van der Waals surface area contributed by atoms with Gasteiger partial charge in [-0.25, -0.2) is 26.8 Å². The number of nitrogens with zero attached hydrogens (tertiary/aromatic N) is 1. The molecule has 0 radical (unpaired) electrons. The second kappa shape index (κ2) is 19.7. The average Bonchev–Trinajstić information content (AvgIpc) is 3.52. The van der Waals surface area contributed by atoms with Gasteiger partial charge in [-0.05, 0) is 54.5 Å². The lowest BCUT2D eigenvalue weighted by Crippen LogP contribution is -2.52. The van der Waals surface area contributed by atoms with Crippen LogP contribution in [0.1, 0.15) is 76.5 Å². The molecule has 11 nitrogen and oxygen atoms in total. The highest BCUT2D eigenvalue weighted by molar-refractivity contribution is 7.92. The molecule has 1 aliphatic heterocycles. The number of carbonyl (C=O) groups is 3. The minimum Gasteiger partial charge on any atom is -0.458 e. The number of alkyl carbamates (subject to hydrolysis) is 1. The number of nitrogens with two attached hydrogens (primary N) is 1. The van der Waals surface area contributed by atoms with Crippen molar-refractivity contribution in [2.24, 2.45) is 5.73 Å². The van der Waals surface area contributed by atoms with Gasteiger partial charge in [0.1, 0.15) is 29.9 Å². The molecule has 0 saturated carbocycles. The lowest BCUT2D eigenvalue weighted by Gasteiger charge is -2.28. The van der Waals surface area contributed by atoms with Gasteiger partial charge < -0.3 is 30.7 Å². The van der Waals surface area contributed by atoms with E-state index in [4.69, 9.17) is 15.2 Å². The molecule has 0 unspecified atom stereocenters. The van der Waals surface area contributed by atoms with E-state index in [0.717, 1.165) is 35.7 Å². The van der Waals surface area contributed by atoms with Crippen LogP contribution in [0, 0.1) is 11.6 Å². The minimum atomic E-state index is -3.91. The molecular formula is C36H52F2N4O7S. The van der Waals surface area contributed by atoms with Crippen molar-refractivity contribution in [3.05, 3.63) is 70.8 Å². The number of aryl methyl sites for hydroxylation is 1. The van der Waals surface area contributed by atoms with E-state index in [1.165, 1.54) is 11.8 Å². The first-order chi connectivity index (χ1) is 23.7. The van der Waals surface area contributed by atoms with Crippen LogP contribution < -0.4 is 16.4 Å². The molecule has 1 fully saturated rings. The standard InChI is InChI=1S/C36H52F2N4O7S/c1-5-9-31(10-6-2)50(46,47)23-33(41-36(45)48-30-13-14-42(22-30)24(4)43)35(44)49-34(21-40-20-26-12-8-11-25(7-3)15-26)32(39)18-27-16-28(37)19-29(38)17-27/h8,11-12,15-17,19,30-34,40H,5-7,9-10,13-14,18,20-23,39H2,1-4H3,(H,41,45)/t30-,32+,33-,34-/m1/s1. The summed E-state index contributed by atoms with van der Waals surface area (Å²) in [4.78, 5) is 40.2. The Morgan fingerprint density at radius 3 is 2.26 bits per heavy atom. The van der Waals surface area contributed by atoms with Gasteiger partial charge in [0.25, 0.3) is 0 Å². The molecule has 1 aliphatic rings. The van der Waals surface area contributed by atoms with Crippen LogP contribution in [-0.4, -0.2) is 86.2 Å². The fourth-order valence-electron chi connectivity index (χ4n) is 6.08. The quantitative estimate of drug-likeness (QED) is 0.181. The Kier molecular flexibility index (Phi) is 16.1. The number of ether oxygens (including phenoxy) is 2. The molecule has 1 saturated heterocycles. The van der Waals surface area contributed by atoms with Crippen LogP contribution in [0.3, 0.4) is 0 Å². The third kappa shape index (κ3) is 12.9. The van der Waals surface area contributed by atoms with E-state index in [2.05, 4.69) is 10.6 Å². The highest BCUT2D eigenvalue weighted by Crippen LogP contribution is 2.19. The van der Waals surface area contributed by atoms with Gasteiger partial charge in [-0.15, -0.1) is 0 Å². The van der Waals surface area contributed by atoms with E-state index in [9.17, 15) is 31.6 Å². The van der Waals surface area contributed by atoms with Crippen LogP contribution in [0.25, 0.3) is 0 Å². The zero-order valence-electron chi connectivity index (χ0n) is 29.5. The second-order valence-electron chi connectivity index (χ2n) is 12.9. The normalized spacial score (nSPS) is 16.6. The zero-order chi connectivity index (χ0) is 36.8. The smallest absolute Gasteiger partial charge is 0.408 e. The van der Waals surface area contributed by atoms with Gasteiger partial charge in [-0.3, -0.25) is 4.79 Å². The van der Waals surface area contributed by atoms with Crippen molar-refractivity contribution in [1.29, 1.82) is 0 Å². The molecule has 0 bridgehead atoms. The highest BCUT2D eigenvalue weighted by Gasteiger charge is 2.36. The molecule has 1 heterocycles. The summed E-state index contributed by atoms with van der Waals surface area (Å²) in [5, 5.41) is 4.90. The van der Waals surface area contributed by atoms with Gasteiger partial charge >= 0.3 is 12.1 Å². The Morgan fingerprint density at radius 2 is 1.66 bits per heavy atom. The Morgan fingerprint density at radius 1 is 1.00 bits per heavy atom. The predicted molar refractivity (Wildman–Crippen MR) is 187 cm³/mol. The zero-order valence-corrected chi connectivity index (χ0v) is 30.3. The number of hydrogen-bond donors (Lipinski definition) is 3. The monoisotopic (exact) mass is 722 g/mol. The predicted octanol–water partition coefficient (Wildman–Crippen LogP) is 4.20. The van der Waals surface area contributed by atoms with Crippen molar-refractivity contribution in [3.8, 4) is 0 Å². The highest BCUT2D eigenvalue weighted by atomic mass is 32.2. The number of nitrogens with one attached hydrogen (secondary N) is 2. The SMILES string of the molecule is CCCC(CCC)S(=O)(=O)C[C@@H](NC(=O)O[C@@H]1CCN(C(C)=O)C1)C(=O)O[C@H](CNCc1cccc(CC)c1)[C@@H](N)Cc1cc(F)cc(F)c1. The lowest BCUT2D eigenvalue weighted by molar-refractivity contribution is -0.151. The Balaban J connectivity index is 1.85. The molecule has 4 N–H and O–H groups in total. The summed E-state index contributed by atoms with van der Waals surface area (Å²) in [6.45, 7) is 8.16. The third-order valence-corrected chi connectivity index (χ3v) is 11.1. The summed E-state index contributed by atoms with van der Waals surface area (Å²) in [6, 6.07) is 8.30. The number of benzene rings is 2. The number of esters is 1. The topological polar surface area (TPSA) is 157 Å². The Bertz CT molecular complexity index is 1520. The van der Waals surface area contributed by atoms with Gasteiger partial charge in [-0.1, -0.05) is 57.9 Å². The molecule has 0 aliphatic carbocycles. The van der Waals surface area contributed by atoms with Gasteiger partial charge in [0.2, 0.25) is 5.91 Å². The van der Waals surface area contributed by atoms with E-state index in [0.29, 0.717) is 45.2 Å². The number of halogens is 2. The Labute approximate surface area is 294 Å². The number of sulfone groups is 1. The second-order valence-corrected chi connectivity index (χ2v) is 15.3. The molecule has 2 amide bonds. The summed E-state index contributed by atoms with van der Waals surface area (Å²) in [6.07, 6.45) is 0.386. The number of rotatable bonds is 19.